The molecule has 4 rings (SSSR count). The van der Waals surface area contributed by atoms with E-state index in [0.717, 1.165) is 22.4 Å². The number of pyridine rings is 1. The molecule has 0 spiro atoms. The lowest BCUT2D eigenvalue weighted by Crippen LogP contribution is -2.11. The van der Waals surface area contributed by atoms with Gasteiger partial charge in [0.2, 0.25) is 0 Å². The number of fused-ring (bicyclic) bond motifs is 1. The molecule has 2 N–H and O–H groups in total. The fraction of sp³-hybridized carbons (Fsp3) is 0. The van der Waals surface area contributed by atoms with Gasteiger partial charge >= 0.3 is 0 Å². The Kier molecular flexibility index (Phi) is 3.51. The van der Waals surface area contributed by atoms with Crippen molar-refractivity contribution in [3.8, 4) is 11.4 Å². The van der Waals surface area contributed by atoms with E-state index >= 15 is 0 Å². The zero-order chi connectivity index (χ0) is 16.4. The summed E-state index contributed by atoms with van der Waals surface area (Å²) in [5.41, 5.74) is 4.03. The van der Waals surface area contributed by atoms with Gasteiger partial charge in [0.1, 0.15) is 5.82 Å². The third kappa shape index (κ3) is 2.75. The zero-order valence-corrected chi connectivity index (χ0v) is 12.7. The highest BCUT2D eigenvalue weighted by Crippen LogP contribution is 2.23. The molecule has 0 aliphatic rings. The van der Waals surface area contributed by atoms with Gasteiger partial charge < -0.3 is 10.3 Å². The normalized spacial score (nSPS) is 10.7. The highest BCUT2D eigenvalue weighted by Gasteiger charge is 2.08. The van der Waals surface area contributed by atoms with Crippen LogP contribution in [-0.4, -0.2) is 20.9 Å². The van der Waals surface area contributed by atoms with Gasteiger partial charge in [0.15, 0.2) is 0 Å². The second-order valence-electron chi connectivity index (χ2n) is 5.37. The van der Waals surface area contributed by atoms with Gasteiger partial charge in [-0.3, -0.25) is 9.78 Å². The van der Waals surface area contributed by atoms with Crippen LogP contribution in [-0.2, 0) is 0 Å². The van der Waals surface area contributed by atoms with Crippen molar-refractivity contribution in [2.24, 2.45) is 0 Å². The number of benzene rings is 2. The average molecular weight is 314 g/mol. The molecule has 1 amide bonds. The molecule has 2 aromatic heterocycles. The van der Waals surface area contributed by atoms with E-state index in [4.69, 9.17) is 0 Å². The van der Waals surface area contributed by atoms with Crippen LogP contribution < -0.4 is 5.32 Å². The lowest BCUT2D eigenvalue weighted by molar-refractivity contribution is 0.102. The molecule has 4 aromatic rings. The van der Waals surface area contributed by atoms with E-state index in [1.807, 2.05) is 48.5 Å². The van der Waals surface area contributed by atoms with Gasteiger partial charge in [-0.15, -0.1) is 0 Å². The number of aromatic nitrogens is 3. The predicted octanol–water partition coefficient (Wildman–Crippen LogP) is 3.88. The summed E-state index contributed by atoms with van der Waals surface area (Å²) in [6.45, 7) is 0. The molecule has 0 bridgehead atoms. The first-order chi connectivity index (χ1) is 11.8. The Hall–Kier alpha value is -3.47. The molecule has 2 heterocycles. The molecule has 0 fully saturated rings. The van der Waals surface area contributed by atoms with Crippen LogP contribution in [0.4, 0.5) is 5.69 Å². The van der Waals surface area contributed by atoms with Crippen molar-refractivity contribution in [3.05, 3.63) is 78.6 Å². The summed E-state index contributed by atoms with van der Waals surface area (Å²) >= 11 is 0. The Morgan fingerprint density at radius 1 is 0.958 bits per heavy atom. The minimum absolute atomic E-state index is 0.171. The van der Waals surface area contributed by atoms with E-state index in [-0.39, 0.29) is 5.91 Å². The maximum absolute atomic E-state index is 12.2. The van der Waals surface area contributed by atoms with Gasteiger partial charge in [-0.2, -0.15) is 0 Å². The minimum Gasteiger partial charge on any atom is -0.338 e. The first-order valence-electron chi connectivity index (χ1n) is 7.56. The molecule has 0 saturated heterocycles. The van der Waals surface area contributed by atoms with Crippen molar-refractivity contribution in [1.29, 1.82) is 0 Å². The Balaban J connectivity index is 1.63. The van der Waals surface area contributed by atoms with Gasteiger partial charge in [-0.1, -0.05) is 30.3 Å². The van der Waals surface area contributed by atoms with Crippen molar-refractivity contribution in [3.63, 3.8) is 0 Å². The summed E-state index contributed by atoms with van der Waals surface area (Å²) in [5, 5.41) is 2.88. The zero-order valence-electron chi connectivity index (χ0n) is 12.7. The highest BCUT2D eigenvalue weighted by atomic mass is 16.1. The van der Waals surface area contributed by atoms with Gasteiger partial charge in [-0.25, -0.2) is 4.98 Å². The predicted molar refractivity (Wildman–Crippen MR) is 93.7 cm³/mol. The van der Waals surface area contributed by atoms with Crippen LogP contribution >= 0.6 is 0 Å². The Morgan fingerprint density at radius 2 is 1.75 bits per heavy atom. The molecular formula is C19H14N4O. The summed E-state index contributed by atoms with van der Waals surface area (Å²) in [5.74, 6) is 0.638. The van der Waals surface area contributed by atoms with Crippen LogP contribution in [0.3, 0.4) is 0 Å². The summed E-state index contributed by atoms with van der Waals surface area (Å²) in [6, 6.07) is 18.9. The van der Waals surface area contributed by atoms with Crippen molar-refractivity contribution in [2.45, 2.75) is 0 Å². The van der Waals surface area contributed by atoms with E-state index in [1.54, 1.807) is 24.5 Å². The van der Waals surface area contributed by atoms with Crippen LogP contribution in [0.15, 0.2) is 73.1 Å². The van der Waals surface area contributed by atoms with Crippen molar-refractivity contribution in [1.82, 2.24) is 15.0 Å². The number of H-pyrrole nitrogens is 1. The van der Waals surface area contributed by atoms with E-state index in [9.17, 15) is 4.79 Å². The molecule has 24 heavy (non-hydrogen) atoms. The van der Waals surface area contributed by atoms with E-state index in [1.165, 1.54) is 0 Å². The molecule has 116 valence electrons. The lowest BCUT2D eigenvalue weighted by atomic mass is 10.2. The lowest BCUT2D eigenvalue weighted by Gasteiger charge is -2.04. The van der Waals surface area contributed by atoms with Crippen molar-refractivity contribution in [2.75, 3.05) is 5.32 Å². The number of hydrogen-bond donors (Lipinski definition) is 2. The summed E-state index contributed by atoms with van der Waals surface area (Å²) in [6.07, 6.45) is 3.19. The van der Waals surface area contributed by atoms with Crippen LogP contribution in [0.5, 0.6) is 0 Å². The fourth-order valence-electron chi connectivity index (χ4n) is 2.52. The third-order valence-corrected chi connectivity index (χ3v) is 3.73. The van der Waals surface area contributed by atoms with E-state index in [2.05, 4.69) is 20.3 Å². The third-order valence-electron chi connectivity index (χ3n) is 3.73. The number of nitrogens with one attached hydrogen (secondary N) is 2. The molecule has 0 radical (unpaired) electrons. The van der Waals surface area contributed by atoms with Crippen LogP contribution in [0, 0.1) is 0 Å². The summed E-state index contributed by atoms with van der Waals surface area (Å²) < 4.78 is 0. The fourth-order valence-corrected chi connectivity index (χ4v) is 2.52. The Morgan fingerprint density at radius 3 is 2.54 bits per heavy atom. The number of hydrogen-bond acceptors (Lipinski definition) is 3. The topological polar surface area (TPSA) is 70.7 Å². The first-order valence-corrected chi connectivity index (χ1v) is 7.56. The molecule has 0 unspecified atom stereocenters. The number of nitrogens with zero attached hydrogens (tertiary/aromatic N) is 2. The largest absolute Gasteiger partial charge is 0.338 e. The Bertz CT molecular complexity index is 994. The quantitative estimate of drug-likeness (QED) is 0.603. The van der Waals surface area contributed by atoms with Crippen molar-refractivity contribution < 1.29 is 4.79 Å². The first kappa shape index (κ1) is 14.1. The van der Waals surface area contributed by atoms with E-state index in [0.29, 0.717) is 11.3 Å². The number of aromatic amines is 1. The number of rotatable bonds is 3. The number of carbonyl (C=O) groups is 1. The molecule has 0 atom stereocenters. The minimum atomic E-state index is -0.171. The van der Waals surface area contributed by atoms with Gasteiger partial charge in [0, 0.05) is 29.2 Å². The second-order valence-corrected chi connectivity index (χ2v) is 5.37. The maximum atomic E-state index is 12.2. The van der Waals surface area contributed by atoms with Crippen LogP contribution in [0.1, 0.15) is 10.4 Å². The van der Waals surface area contributed by atoms with Crippen LogP contribution in [0.25, 0.3) is 22.4 Å². The molecular weight excluding hydrogens is 300 g/mol. The monoisotopic (exact) mass is 314 g/mol. The summed E-state index contributed by atoms with van der Waals surface area (Å²) in [7, 11) is 0. The van der Waals surface area contributed by atoms with Gasteiger partial charge in [0.05, 0.1) is 11.0 Å². The number of imidazole rings is 1. The van der Waals surface area contributed by atoms with Crippen molar-refractivity contribution >= 4 is 22.6 Å². The smallest absolute Gasteiger partial charge is 0.255 e. The molecule has 0 saturated carbocycles. The second kappa shape index (κ2) is 5.96. The average Bonchev–Trinajstić information content (AvgIpc) is 3.06. The van der Waals surface area contributed by atoms with Gasteiger partial charge in [0.25, 0.3) is 5.91 Å². The number of carbonyl (C=O) groups excluding carboxylic acids is 1. The summed E-state index contributed by atoms with van der Waals surface area (Å²) in [4.78, 5) is 24.0. The molecule has 2 aromatic carbocycles. The van der Waals surface area contributed by atoms with E-state index < -0.39 is 0 Å². The maximum Gasteiger partial charge on any atom is 0.255 e. The number of anilines is 1. The Labute approximate surface area is 138 Å². The van der Waals surface area contributed by atoms with Gasteiger partial charge in [-0.05, 0) is 30.3 Å². The standard InChI is InChI=1S/C19H14N4O/c24-19(14-8-10-20-11-9-14)21-15-6-7-16-17(12-15)23-18(22-16)13-4-2-1-3-5-13/h1-12H,(H,21,24)(H,22,23). The van der Waals surface area contributed by atoms with Crippen LogP contribution in [0.2, 0.25) is 0 Å². The SMILES string of the molecule is O=C(Nc1ccc2[nH]c(-c3ccccc3)nc2c1)c1ccncc1. The highest BCUT2D eigenvalue weighted by molar-refractivity contribution is 6.04. The molecule has 0 aliphatic heterocycles. The molecule has 5 nitrogen and oxygen atoms in total. The molecule has 0 aliphatic carbocycles. The number of amides is 1. The molecule has 5 heteroatoms.